The Morgan fingerprint density at radius 3 is 2.14 bits per heavy atom. The van der Waals surface area contributed by atoms with E-state index in [0.29, 0.717) is 12.1 Å². The number of rotatable bonds is 4. The fourth-order valence-corrected chi connectivity index (χ4v) is 1.65. The lowest BCUT2D eigenvalue weighted by atomic mass is 10.1. The van der Waals surface area contributed by atoms with E-state index in [4.69, 9.17) is 9.47 Å². The van der Waals surface area contributed by atoms with Gasteiger partial charge in [0.25, 0.3) is 0 Å². The summed E-state index contributed by atoms with van der Waals surface area (Å²) in [5.74, 6) is -0.397. The molecule has 0 bridgehead atoms. The lowest BCUT2D eigenvalue weighted by molar-refractivity contribution is -0.253. The van der Waals surface area contributed by atoms with Gasteiger partial charge < -0.3 is 14.8 Å². The molecule has 0 amide bonds. The second-order valence-electron chi connectivity index (χ2n) is 4.40. The predicted octanol–water partition coefficient (Wildman–Crippen LogP) is 1.92. The highest BCUT2D eigenvalue weighted by atomic mass is 16.7. The summed E-state index contributed by atoms with van der Waals surface area (Å²) in [6, 6.07) is 0.946. The van der Waals surface area contributed by atoms with Gasteiger partial charge in [-0.05, 0) is 26.7 Å². The molecule has 1 fully saturated rings. The van der Waals surface area contributed by atoms with Crippen molar-refractivity contribution in [3.63, 3.8) is 0 Å². The van der Waals surface area contributed by atoms with E-state index in [1.165, 1.54) is 0 Å². The van der Waals surface area contributed by atoms with Crippen molar-refractivity contribution in [1.82, 2.24) is 5.32 Å². The van der Waals surface area contributed by atoms with Crippen LogP contribution in [0.1, 0.15) is 40.5 Å². The Balaban J connectivity index is 2.28. The van der Waals surface area contributed by atoms with E-state index in [1.54, 1.807) is 0 Å². The number of nitrogens with one attached hydrogen (secondary N) is 1. The summed E-state index contributed by atoms with van der Waals surface area (Å²) in [6.07, 6.45) is 2.33. The molecule has 1 heterocycles. The standard InChI is InChI=1S/C11H23NO2/c1-5-9(6-2)12-10-7-13-11(3,4)14-8-10/h9-10,12H,5-8H2,1-4H3. The predicted molar refractivity (Wildman–Crippen MR) is 57.3 cm³/mol. The lowest BCUT2D eigenvalue weighted by Crippen LogP contribution is -2.51. The highest BCUT2D eigenvalue weighted by Crippen LogP contribution is 2.17. The normalized spacial score (nSPS) is 22.9. The van der Waals surface area contributed by atoms with Crippen LogP contribution >= 0.6 is 0 Å². The Labute approximate surface area is 87.2 Å². The molecule has 0 spiro atoms. The summed E-state index contributed by atoms with van der Waals surface area (Å²) in [5, 5.41) is 3.54. The molecule has 1 aliphatic rings. The van der Waals surface area contributed by atoms with Crippen LogP contribution in [0.5, 0.6) is 0 Å². The SMILES string of the molecule is CCC(CC)NC1COC(C)(C)OC1. The number of ether oxygens (including phenoxy) is 2. The average molecular weight is 201 g/mol. The summed E-state index contributed by atoms with van der Waals surface area (Å²) in [6.45, 7) is 9.83. The smallest absolute Gasteiger partial charge is 0.162 e. The van der Waals surface area contributed by atoms with E-state index in [0.717, 1.165) is 26.1 Å². The fraction of sp³-hybridized carbons (Fsp3) is 1.00. The second-order valence-corrected chi connectivity index (χ2v) is 4.40. The monoisotopic (exact) mass is 201 g/mol. The Kier molecular flexibility index (Phi) is 4.35. The van der Waals surface area contributed by atoms with Gasteiger partial charge in [0, 0.05) is 6.04 Å². The summed E-state index contributed by atoms with van der Waals surface area (Å²) >= 11 is 0. The molecule has 0 aromatic carbocycles. The average Bonchev–Trinajstić information content (AvgIpc) is 2.16. The third-order valence-corrected chi connectivity index (χ3v) is 2.72. The van der Waals surface area contributed by atoms with Crippen molar-refractivity contribution in [2.24, 2.45) is 0 Å². The van der Waals surface area contributed by atoms with Gasteiger partial charge >= 0.3 is 0 Å². The van der Waals surface area contributed by atoms with Gasteiger partial charge in [-0.15, -0.1) is 0 Å². The third-order valence-electron chi connectivity index (χ3n) is 2.72. The van der Waals surface area contributed by atoms with Gasteiger partial charge in [-0.25, -0.2) is 0 Å². The Morgan fingerprint density at radius 1 is 1.21 bits per heavy atom. The first-order valence-corrected chi connectivity index (χ1v) is 5.61. The van der Waals surface area contributed by atoms with Gasteiger partial charge in [-0.1, -0.05) is 13.8 Å². The lowest BCUT2D eigenvalue weighted by Gasteiger charge is -2.36. The van der Waals surface area contributed by atoms with Crippen molar-refractivity contribution in [3.05, 3.63) is 0 Å². The van der Waals surface area contributed by atoms with Gasteiger partial charge in [0.15, 0.2) is 5.79 Å². The highest BCUT2D eigenvalue weighted by molar-refractivity contribution is 4.76. The van der Waals surface area contributed by atoms with E-state index in [9.17, 15) is 0 Å². The molecule has 3 nitrogen and oxygen atoms in total. The Bertz CT molecular complexity index is 157. The van der Waals surface area contributed by atoms with Crippen LogP contribution in [0.3, 0.4) is 0 Å². The molecule has 0 saturated carbocycles. The fourth-order valence-electron chi connectivity index (χ4n) is 1.65. The van der Waals surface area contributed by atoms with Gasteiger partial charge in [0.1, 0.15) is 0 Å². The van der Waals surface area contributed by atoms with Crippen molar-refractivity contribution in [2.75, 3.05) is 13.2 Å². The molecule has 1 saturated heterocycles. The quantitative estimate of drug-likeness (QED) is 0.753. The van der Waals surface area contributed by atoms with Crippen LogP contribution in [0.15, 0.2) is 0 Å². The largest absolute Gasteiger partial charge is 0.349 e. The van der Waals surface area contributed by atoms with Crippen molar-refractivity contribution < 1.29 is 9.47 Å². The molecule has 0 atom stereocenters. The van der Waals surface area contributed by atoms with Crippen LogP contribution in [-0.4, -0.2) is 31.1 Å². The summed E-state index contributed by atoms with van der Waals surface area (Å²) in [5.41, 5.74) is 0. The maximum atomic E-state index is 5.58. The first kappa shape index (κ1) is 12.0. The summed E-state index contributed by atoms with van der Waals surface area (Å²) in [7, 11) is 0. The molecule has 0 aliphatic carbocycles. The minimum atomic E-state index is -0.397. The van der Waals surface area contributed by atoms with Crippen molar-refractivity contribution in [2.45, 2.75) is 58.4 Å². The molecule has 1 rings (SSSR count). The molecular formula is C11H23NO2. The molecule has 0 unspecified atom stereocenters. The minimum Gasteiger partial charge on any atom is -0.349 e. The van der Waals surface area contributed by atoms with Crippen molar-refractivity contribution in [1.29, 1.82) is 0 Å². The van der Waals surface area contributed by atoms with Crippen LogP contribution in [0.2, 0.25) is 0 Å². The van der Waals surface area contributed by atoms with Crippen LogP contribution in [0.4, 0.5) is 0 Å². The maximum absolute atomic E-state index is 5.58. The van der Waals surface area contributed by atoms with Gasteiger partial charge in [-0.2, -0.15) is 0 Å². The zero-order valence-corrected chi connectivity index (χ0v) is 9.80. The highest BCUT2D eigenvalue weighted by Gasteiger charge is 2.28. The molecule has 0 aromatic heterocycles. The van der Waals surface area contributed by atoms with Gasteiger partial charge in [-0.3, -0.25) is 0 Å². The first-order valence-electron chi connectivity index (χ1n) is 5.61. The molecule has 0 aromatic rings. The van der Waals surface area contributed by atoms with E-state index in [1.807, 2.05) is 13.8 Å². The molecule has 0 radical (unpaired) electrons. The van der Waals surface area contributed by atoms with E-state index >= 15 is 0 Å². The zero-order valence-electron chi connectivity index (χ0n) is 9.80. The van der Waals surface area contributed by atoms with E-state index in [2.05, 4.69) is 19.2 Å². The molecule has 14 heavy (non-hydrogen) atoms. The van der Waals surface area contributed by atoms with Crippen LogP contribution in [0, 0.1) is 0 Å². The molecule has 1 N–H and O–H groups in total. The molecule has 1 aliphatic heterocycles. The van der Waals surface area contributed by atoms with Crippen LogP contribution < -0.4 is 5.32 Å². The number of hydrogen-bond acceptors (Lipinski definition) is 3. The third kappa shape index (κ3) is 3.56. The molecule has 84 valence electrons. The molecule has 3 heteroatoms. The second kappa shape index (κ2) is 5.10. The zero-order chi connectivity index (χ0) is 10.6. The van der Waals surface area contributed by atoms with E-state index < -0.39 is 5.79 Å². The number of hydrogen-bond donors (Lipinski definition) is 1. The summed E-state index contributed by atoms with van der Waals surface area (Å²) < 4.78 is 11.2. The maximum Gasteiger partial charge on any atom is 0.162 e. The van der Waals surface area contributed by atoms with Crippen molar-refractivity contribution in [3.8, 4) is 0 Å². The minimum absolute atomic E-state index is 0.355. The van der Waals surface area contributed by atoms with E-state index in [-0.39, 0.29) is 0 Å². The first-order chi connectivity index (χ1) is 6.57. The van der Waals surface area contributed by atoms with Crippen molar-refractivity contribution >= 4 is 0 Å². The van der Waals surface area contributed by atoms with Crippen LogP contribution in [0.25, 0.3) is 0 Å². The summed E-state index contributed by atoms with van der Waals surface area (Å²) in [4.78, 5) is 0. The van der Waals surface area contributed by atoms with Gasteiger partial charge in [0.05, 0.1) is 19.3 Å². The van der Waals surface area contributed by atoms with Crippen LogP contribution in [-0.2, 0) is 9.47 Å². The topological polar surface area (TPSA) is 30.5 Å². The Morgan fingerprint density at radius 2 is 1.71 bits per heavy atom. The molecular weight excluding hydrogens is 178 g/mol. The Hall–Kier alpha value is -0.120. The van der Waals surface area contributed by atoms with Gasteiger partial charge in [0.2, 0.25) is 0 Å².